The second kappa shape index (κ2) is 13.2. The van der Waals surface area contributed by atoms with E-state index in [-0.39, 0.29) is 43.2 Å². The van der Waals surface area contributed by atoms with E-state index in [0.717, 1.165) is 12.5 Å². The van der Waals surface area contributed by atoms with Crippen LogP contribution in [0.25, 0.3) is 0 Å². The molecule has 1 aromatic carbocycles. The zero-order valence-electron chi connectivity index (χ0n) is 17.3. The maximum atomic E-state index is 14.0. The van der Waals surface area contributed by atoms with Crippen molar-refractivity contribution in [3.8, 4) is 0 Å². The fourth-order valence-corrected chi connectivity index (χ4v) is 3.04. The van der Waals surface area contributed by atoms with Gasteiger partial charge in [-0.1, -0.05) is 13.8 Å². The fourth-order valence-electron chi connectivity index (χ4n) is 3.04. The van der Waals surface area contributed by atoms with Crippen LogP contribution in [-0.2, 0) is 4.74 Å². The van der Waals surface area contributed by atoms with E-state index < -0.39 is 17.7 Å². The van der Waals surface area contributed by atoms with Crippen LogP contribution in [0.3, 0.4) is 0 Å². The van der Waals surface area contributed by atoms with Crippen LogP contribution in [0.4, 0.5) is 14.5 Å². The van der Waals surface area contributed by atoms with Crippen LogP contribution >= 0.6 is 24.0 Å². The molecule has 0 saturated carbocycles. The molecule has 0 aromatic heterocycles. The molecule has 2 unspecified atom stereocenters. The molecule has 0 radical (unpaired) electrons. The van der Waals surface area contributed by atoms with Gasteiger partial charge >= 0.3 is 0 Å². The van der Waals surface area contributed by atoms with E-state index in [1.165, 1.54) is 12.1 Å². The van der Waals surface area contributed by atoms with Gasteiger partial charge in [0.15, 0.2) is 5.96 Å². The third-order valence-electron chi connectivity index (χ3n) is 4.35. The Hall–Kier alpha value is -1.20. The van der Waals surface area contributed by atoms with E-state index in [9.17, 15) is 13.9 Å². The minimum Gasteiger partial charge on any atom is -0.389 e. The summed E-state index contributed by atoms with van der Waals surface area (Å²) >= 11 is 0. The molecule has 0 aliphatic carbocycles. The summed E-state index contributed by atoms with van der Waals surface area (Å²) in [7, 11) is 0. The van der Waals surface area contributed by atoms with Gasteiger partial charge in [-0.3, -0.25) is 4.99 Å². The van der Waals surface area contributed by atoms with Gasteiger partial charge in [-0.15, -0.1) is 24.0 Å². The summed E-state index contributed by atoms with van der Waals surface area (Å²) in [5, 5.41) is 16.5. The first-order valence-electron chi connectivity index (χ1n) is 9.89. The number of hydrogen-bond donors (Lipinski definition) is 3. The SMILES string of the molecule is CCNC(=NCC(O)COCC(C)C)NC1CCN(c2ccc(F)cc2F)C1.I. The Labute approximate surface area is 189 Å². The normalized spacial score (nSPS) is 18.0. The summed E-state index contributed by atoms with van der Waals surface area (Å²) in [5.41, 5.74) is 0.408. The molecule has 0 bridgehead atoms. The molecular formula is C20H33F2IN4O2. The molecule has 0 spiro atoms. The number of anilines is 1. The lowest BCUT2D eigenvalue weighted by Crippen LogP contribution is -2.45. The van der Waals surface area contributed by atoms with E-state index in [0.29, 0.717) is 43.8 Å². The van der Waals surface area contributed by atoms with Crippen molar-refractivity contribution in [3.05, 3.63) is 29.8 Å². The van der Waals surface area contributed by atoms with Crippen molar-refractivity contribution in [3.63, 3.8) is 0 Å². The van der Waals surface area contributed by atoms with Crippen LogP contribution < -0.4 is 15.5 Å². The molecule has 6 nitrogen and oxygen atoms in total. The van der Waals surface area contributed by atoms with Crippen LogP contribution in [0.15, 0.2) is 23.2 Å². The highest BCUT2D eigenvalue weighted by Gasteiger charge is 2.25. The van der Waals surface area contributed by atoms with Gasteiger partial charge in [-0.05, 0) is 31.4 Å². The van der Waals surface area contributed by atoms with Gasteiger partial charge in [-0.2, -0.15) is 0 Å². The lowest BCUT2D eigenvalue weighted by Gasteiger charge is -2.21. The topological polar surface area (TPSA) is 69.1 Å². The van der Waals surface area contributed by atoms with Gasteiger partial charge in [0.1, 0.15) is 11.6 Å². The third kappa shape index (κ3) is 9.00. The van der Waals surface area contributed by atoms with Gasteiger partial charge in [0, 0.05) is 38.3 Å². The predicted molar refractivity (Wildman–Crippen MR) is 123 cm³/mol. The quantitative estimate of drug-likeness (QED) is 0.263. The zero-order valence-corrected chi connectivity index (χ0v) is 19.7. The monoisotopic (exact) mass is 526 g/mol. The number of aliphatic hydroxyl groups excluding tert-OH is 1. The van der Waals surface area contributed by atoms with Crippen molar-refractivity contribution in [1.82, 2.24) is 10.6 Å². The Kier molecular flexibility index (Phi) is 11.7. The maximum Gasteiger partial charge on any atom is 0.191 e. The number of rotatable bonds is 9. The molecule has 166 valence electrons. The minimum atomic E-state index is -0.664. The standard InChI is InChI=1S/C20H32F2N4O2.HI/c1-4-23-20(24-10-17(27)13-28-12-14(2)3)25-16-7-8-26(11-16)19-6-5-15(21)9-18(19)22;/h5-6,9,14,16-17,27H,4,7-8,10-13H2,1-3H3,(H2,23,24,25);1H. The van der Waals surface area contributed by atoms with Crippen LogP contribution in [-0.4, -0.2) is 62.6 Å². The van der Waals surface area contributed by atoms with E-state index >= 15 is 0 Å². The van der Waals surface area contributed by atoms with Crippen molar-refractivity contribution < 1.29 is 18.6 Å². The average molecular weight is 526 g/mol. The van der Waals surface area contributed by atoms with Crippen molar-refractivity contribution in [2.24, 2.45) is 10.9 Å². The molecule has 1 heterocycles. The molecule has 1 fully saturated rings. The molecule has 2 atom stereocenters. The van der Waals surface area contributed by atoms with Crippen LogP contribution in [0.1, 0.15) is 27.2 Å². The van der Waals surface area contributed by atoms with Crippen molar-refractivity contribution in [2.75, 3.05) is 44.3 Å². The Morgan fingerprint density at radius 2 is 2.10 bits per heavy atom. The van der Waals surface area contributed by atoms with Gasteiger partial charge < -0.3 is 25.4 Å². The number of ether oxygens (including phenoxy) is 1. The van der Waals surface area contributed by atoms with Gasteiger partial charge in [-0.25, -0.2) is 8.78 Å². The second-order valence-corrected chi connectivity index (χ2v) is 7.48. The number of guanidine groups is 1. The minimum absolute atomic E-state index is 0. The van der Waals surface area contributed by atoms with E-state index in [2.05, 4.69) is 29.5 Å². The molecule has 29 heavy (non-hydrogen) atoms. The summed E-state index contributed by atoms with van der Waals surface area (Å²) in [6.45, 7) is 9.12. The maximum absolute atomic E-state index is 14.0. The van der Waals surface area contributed by atoms with Crippen LogP contribution in [0, 0.1) is 17.6 Å². The molecule has 1 aromatic rings. The molecule has 2 rings (SSSR count). The summed E-state index contributed by atoms with van der Waals surface area (Å²) < 4.78 is 32.5. The number of halogens is 3. The average Bonchev–Trinajstić information content (AvgIpc) is 3.07. The fraction of sp³-hybridized carbons (Fsp3) is 0.650. The van der Waals surface area contributed by atoms with Gasteiger partial charge in [0.05, 0.1) is 24.9 Å². The predicted octanol–water partition coefficient (Wildman–Crippen LogP) is 2.75. The first kappa shape index (κ1) is 25.8. The van der Waals surface area contributed by atoms with Gasteiger partial charge in [0.25, 0.3) is 0 Å². The second-order valence-electron chi connectivity index (χ2n) is 7.48. The Balaban J connectivity index is 0.00000420. The molecule has 3 N–H and O–H groups in total. The van der Waals surface area contributed by atoms with Crippen molar-refractivity contribution in [2.45, 2.75) is 39.3 Å². The largest absolute Gasteiger partial charge is 0.389 e. The van der Waals surface area contributed by atoms with E-state index in [1.54, 1.807) is 0 Å². The van der Waals surface area contributed by atoms with E-state index in [1.807, 2.05) is 11.8 Å². The highest BCUT2D eigenvalue weighted by atomic mass is 127. The van der Waals surface area contributed by atoms with Crippen molar-refractivity contribution in [1.29, 1.82) is 0 Å². The summed E-state index contributed by atoms with van der Waals surface area (Å²) in [4.78, 5) is 6.32. The Morgan fingerprint density at radius 3 is 2.76 bits per heavy atom. The number of benzene rings is 1. The van der Waals surface area contributed by atoms with E-state index in [4.69, 9.17) is 4.74 Å². The number of nitrogens with one attached hydrogen (secondary N) is 2. The molecular weight excluding hydrogens is 493 g/mol. The molecule has 1 aliphatic rings. The Bertz CT molecular complexity index is 649. The Morgan fingerprint density at radius 1 is 1.34 bits per heavy atom. The van der Waals surface area contributed by atoms with Gasteiger partial charge in [0.2, 0.25) is 0 Å². The van der Waals surface area contributed by atoms with Crippen LogP contribution in [0.2, 0.25) is 0 Å². The van der Waals surface area contributed by atoms with Crippen LogP contribution in [0.5, 0.6) is 0 Å². The summed E-state index contributed by atoms with van der Waals surface area (Å²) in [6.07, 6.45) is 0.143. The molecule has 0 amide bonds. The van der Waals surface area contributed by atoms with Crippen molar-refractivity contribution >= 4 is 35.6 Å². The molecule has 1 saturated heterocycles. The first-order chi connectivity index (χ1) is 13.4. The number of hydrogen-bond acceptors (Lipinski definition) is 4. The highest BCUT2D eigenvalue weighted by molar-refractivity contribution is 14.0. The zero-order chi connectivity index (χ0) is 20.5. The number of nitrogens with zero attached hydrogens (tertiary/aromatic N) is 2. The lowest BCUT2D eigenvalue weighted by atomic mass is 10.2. The third-order valence-corrected chi connectivity index (χ3v) is 4.35. The summed E-state index contributed by atoms with van der Waals surface area (Å²) in [5.74, 6) is -0.0962. The molecule has 1 aliphatic heterocycles. The smallest absolute Gasteiger partial charge is 0.191 e. The lowest BCUT2D eigenvalue weighted by molar-refractivity contribution is 0.0301. The summed E-state index contributed by atoms with van der Waals surface area (Å²) in [6, 6.07) is 3.73. The first-order valence-corrected chi connectivity index (χ1v) is 9.89. The molecule has 9 heteroatoms. The number of aliphatic imine (C=N–C) groups is 1. The number of aliphatic hydroxyl groups is 1. The highest BCUT2D eigenvalue weighted by Crippen LogP contribution is 2.24.